The van der Waals surface area contributed by atoms with Crippen LogP contribution in [0.5, 0.6) is 0 Å². The van der Waals surface area contributed by atoms with E-state index in [0.717, 1.165) is 44.2 Å². The highest BCUT2D eigenvalue weighted by Gasteiger charge is 2.34. The van der Waals surface area contributed by atoms with Gasteiger partial charge in [0, 0.05) is 19.3 Å². The number of nitrogens with zero attached hydrogens (tertiary/aromatic N) is 3. The Morgan fingerprint density at radius 1 is 1.33 bits per heavy atom. The van der Waals surface area contributed by atoms with E-state index in [1.807, 2.05) is 11.8 Å². The topological polar surface area (TPSA) is 58.1 Å². The summed E-state index contributed by atoms with van der Waals surface area (Å²) in [6.45, 7) is 5.71. The zero-order valence-electron chi connectivity index (χ0n) is 10.6. The van der Waals surface area contributed by atoms with Gasteiger partial charge in [0.25, 0.3) is 5.91 Å². The second kappa shape index (κ2) is 4.65. The largest absolute Gasteiger partial charge is 0.337 e. The van der Waals surface area contributed by atoms with Crippen molar-refractivity contribution in [2.24, 2.45) is 11.8 Å². The van der Waals surface area contributed by atoms with Crippen LogP contribution in [0.4, 0.5) is 0 Å². The van der Waals surface area contributed by atoms with E-state index in [9.17, 15) is 4.79 Å². The lowest BCUT2D eigenvalue weighted by molar-refractivity contribution is 0.0636. The Labute approximate surface area is 107 Å². The first-order valence-corrected chi connectivity index (χ1v) is 6.52. The minimum Gasteiger partial charge on any atom is -0.337 e. The molecule has 1 aromatic rings. The molecular formula is C13H18N4O. The fraction of sp³-hybridized carbons (Fsp3) is 0.615. The van der Waals surface area contributed by atoms with Crippen LogP contribution in [0, 0.1) is 18.8 Å². The van der Waals surface area contributed by atoms with Gasteiger partial charge in [-0.2, -0.15) is 0 Å². The van der Waals surface area contributed by atoms with Crippen LogP contribution in [0.2, 0.25) is 0 Å². The maximum atomic E-state index is 12.3. The van der Waals surface area contributed by atoms with Gasteiger partial charge in [0.1, 0.15) is 5.69 Å². The number of rotatable bonds is 1. The second-order valence-electron chi connectivity index (χ2n) is 5.26. The molecule has 1 amide bonds. The van der Waals surface area contributed by atoms with Crippen LogP contribution in [-0.2, 0) is 0 Å². The van der Waals surface area contributed by atoms with E-state index < -0.39 is 0 Å². The van der Waals surface area contributed by atoms with E-state index in [4.69, 9.17) is 0 Å². The van der Waals surface area contributed by atoms with Crippen LogP contribution in [0.25, 0.3) is 0 Å². The highest BCUT2D eigenvalue weighted by Crippen LogP contribution is 2.26. The van der Waals surface area contributed by atoms with Crippen molar-refractivity contribution in [2.75, 3.05) is 26.2 Å². The van der Waals surface area contributed by atoms with E-state index >= 15 is 0 Å². The third kappa shape index (κ3) is 2.10. The van der Waals surface area contributed by atoms with Gasteiger partial charge in [-0.3, -0.25) is 9.78 Å². The molecular weight excluding hydrogens is 228 g/mol. The Kier molecular flexibility index (Phi) is 2.99. The highest BCUT2D eigenvalue weighted by molar-refractivity contribution is 5.92. The Balaban J connectivity index is 1.71. The van der Waals surface area contributed by atoms with Crippen molar-refractivity contribution in [3.05, 3.63) is 23.8 Å². The van der Waals surface area contributed by atoms with Gasteiger partial charge >= 0.3 is 0 Å². The van der Waals surface area contributed by atoms with E-state index in [-0.39, 0.29) is 5.91 Å². The van der Waals surface area contributed by atoms with Crippen molar-refractivity contribution < 1.29 is 4.79 Å². The number of nitrogens with one attached hydrogen (secondary N) is 1. The smallest absolute Gasteiger partial charge is 0.274 e. The Hall–Kier alpha value is -1.49. The molecule has 2 saturated heterocycles. The molecule has 2 aliphatic heterocycles. The maximum Gasteiger partial charge on any atom is 0.274 e. The van der Waals surface area contributed by atoms with Gasteiger partial charge in [0.2, 0.25) is 0 Å². The summed E-state index contributed by atoms with van der Waals surface area (Å²) in [7, 11) is 0. The number of carbonyl (C=O) groups is 1. The molecule has 96 valence electrons. The molecule has 0 aromatic carbocycles. The predicted octanol–water partition coefficient (Wildman–Crippen LogP) is 0.467. The van der Waals surface area contributed by atoms with Crippen LogP contribution in [0.1, 0.15) is 22.6 Å². The van der Waals surface area contributed by atoms with Gasteiger partial charge in [0.15, 0.2) is 0 Å². The number of carbonyl (C=O) groups excluding carboxylic acids is 1. The van der Waals surface area contributed by atoms with Gasteiger partial charge < -0.3 is 10.2 Å². The third-order valence-electron chi connectivity index (χ3n) is 3.99. The molecule has 0 aliphatic carbocycles. The number of aryl methyl sites for hydroxylation is 1. The maximum absolute atomic E-state index is 12.3. The van der Waals surface area contributed by atoms with Crippen LogP contribution < -0.4 is 5.32 Å². The molecule has 0 saturated carbocycles. The highest BCUT2D eigenvalue weighted by atomic mass is 16.2. The summed E-state index contributed by atoms with van der Waals surface area (Å²) in [4.78, 5) is 22.5. The molecule has 18 heavy (non-hydrogen) atoms. The summed E-state index contributed by atoms with van der Waals surface area (Å²) in [5.74, 6) is 1.38. The van der Waals surface area contributed by atoms with Gasteiger partial charge in [-0.15, -0.1) is 0 Å². The SMILES string of the molecule is Cc1cnc(C(=O)N2CCC3CNCC3C2)cn1. The first kappa shape index (κ1) is 11.6. The minimum absolute atomic E-state index is 0.0212. The van der Waals surface area contributed by atoms with Crippen LogP contribution in [0.15, 0.2) is 12.4 Å². The Morgan fingerprint density at radius 3 is 2.94 bits per heavy atom. The molecule has 2 fully saturated rings. The minimum atomic E-state index is 0.0212. The predicted molar refractivity (Wildman–Crippen MR) is 67.1 cm³/mol. The zero-order valence-corrected chi connectivity index (χ0v) is 10.6. The zero-order chi connectivity index (χ0) is 12.5. The lowest BCUT2D eigenvalue weighted by atomic mass is 9.88. The number of hydrogen-bond acceptors (Lipinski definition) is 4. The number of hydrogen-bond donors (Lipinski definition) is 1. The number of aromatic nitrogens is 2. The van der Waals surface area contributed by atoms with Crippen molar-refractivity contribution >= 4 is 5.91 Å². The molecule has 2 unspecified atom stereocenters. The lowest BCUT2D eigenvalue weighted by Gasteiger charge is -2.34. The quantitative estimate of drug-likeness (QED) is 0.782. The number of amides is 1. The number of piperidine rings is 1. The summed E-state index contributed by atoms with van der Waals surface area (Å²) >= 11 is 0. The van der Waals surface area contributed by atoms with Crippen LogP contribution >= 0.6 is 0 Å². The molecule has 2 atom stereocenters. The normalized spacial score (nSPS) is 27.1. The van der Waals surface area contributed by atoms with Gasteiger partial charge in [-0.05, 0) is 38.3 Å². The van der Waals surface area contributed by atoms with E-state index in [2.05, 4.69) is 15.3 Å². The second-order valence-corrected chi connectivity index (χ2v) is 5.26. The standard InChI is InChI=1S/C13H18N4O/c1-9-4-16-12(7-15-9)13(18)17-3-2-10-5-14-6-11(10)8-17/h4,7,10-11,14H,2-3,5-6,8H2,1H3. The monoisotopic (exact) mass is 246 g/mol. The molecule has 3 rings (SSSR count). The number of fused-ring (bicyclic) bond motifs is 1. The average molecular weight is 246 g/mol. The molecule has 0 bridgehead atoms. The Bertz CT molecular complexity index is 445. The molecule has 2 aliphatic rings. The summed E-state index contributed by atoms with van der Waals surface area (Å²) in [6.07, 6.45) is 4.33. The molecule has 1 aromatic heterocycles. The lowest BCUT2D eigenvalue weighted by Crippen LogP contribution is -2.43. The summed E-state index contributed by atoms with van der Waals surface area (Å²) < 4.78 is 0. The van der Waals surface area contributed by atoms with E-state index in [1.165, 1.54) is 0 Å². The molecule has 5 heteroatoms. The van der Waals surface area contributed by atoms with Crippen molar-refractivity contribution in [1.29, 1.82) is 0 Å². The molecule has 5 nitrogen and oxygen atoms in total. The fourth-order valence-corrected chi connectivity index (χ4v) is 2.88. The first-order chi connectivity index (χ1) is 8.74. The third-order valence-corrected chi connectivity index (χ3v) is 3.99. The van der Waals surface area contributed by atoms with Crippen molar-refractivity contribution in [3.8, 4) is 0 Å². The average Bonchev–Trinajstić information content (AvgIpc) is 2.86. The van der Waals surface area contributed by atoms with Crippen LogP contribution in [0.3, 0.4) is 0 Å². The van der Waals surface area contributed by atoms with E-state index in [0.29, 0.717) is 11.6 Å². The van der Waals surface area contributed by atoms with E-state index in [1.54, 1.807) is 12.4 Å². The first-order valence-electron chi connectivity index (χ1n) is 6.52. The molecule has 0 spiro atoms. The molecule has 3 heterocycles. The van der Waals surface area contributed by atoms with Crippen molar-refractivity contribution in [2.45, 2.75) is 13.3 Å². The van der Waals surface area contributed by atoms with Gasteiger partial charge in [-0.1, -0.05) is 0 Å². The summed E-state index contributed by atoms with van der Waals surface area (Å²) in [5.41, 5.74) is 1.30. The fourth-order valence-electron chi connectivity index (χ4n) is 2.88. The van der Waals surface area contributed by atoms with Crippen molar-refractivity contribution in [3.63, 3.8) is 0 Å². The van der Waals surface area contributed by atoms with Crippen LogP contribution in [-0.4, -0.2) is 47.0 Å². The van der Waals surface area contributed by atoms with Gasteiger partial charge in [-0.25, -0.2) is 4.98 Å². The Morgan fingerprint density at radius 2 is 2.17 bits per heavy atom. The molecule has 1 N–H and O–H groups in total. The van der Waals surface area contributed by atoms with Crippen molar-refractivity contribution in [1.82, 2.24) is 20.2 Å². The summed E-state index contributed by atoms with van der Waals surface area (Å²) in [6, 6.07) is 0. The molecule has 0 radical (unpaired) electrons. The number of likely N-dealkylation sites (tertiary alicyclic amines) is 1. The summed E-state index contributed by atoms with van der Waals surface area (Å²) in [5, 5.41) is 3.41. The van der Waals surface area contributed by atoms with Gasteiger partial charge in [0.05, 0.1) is 11.9 Å².